The number of hydrogen-bond acceptors (Lipinski definition) is 6. The largest absolute Gasteiger partial charge is 0.495 e. The molecule has 0 atom stereocenters. The predicted molar refractivity (Wildman–Crippen MR) is 149 cm³/mol. The minimum Gasteiger partial charge on any atom is -0.495 e. The molecule has 3 amide bonds. The Morgan fingerprint density at radius 3 is 2.51 bits per heavy atom. The van der Waals surface area contributed by atoms with Crippen molar-refractivity contribution in [1.82, 2.24) is 14.8 Å². The van der Waals surface area contributed by atoms with Gasteiger partial charge in [-0.25, -0.2) is 9.78 Å². The highest BCUT2D eigenvalue weighted by atomic mass is 35.5. The van der Waals surface area contributed by atoms with Crippen molar-refractivity contribution >= 4 is 57.9 Å². The molecule has 11 heteroatoms. The minimum absolute atomic E-state index is 0.0890. The average molecular weight is 563 g/mol. The summed E-state index contributed by atoms with van der Waals surface area (Å²) in [5, 5.41) is 6.08. The summed E-state index contributed by atoms with van der Waals surface area (Å²) in [6.07, 6.45) is 0. The van der Waals surface area contributed by atoms with E-state index in [0.717, 1.165) is 11.4 Å². The van der Waals surface area contributed by atoms with Crippen molar-refractivity contribution in [3.63, 3.8) is 0 Å². The summed E-state index contributed by atoms with van der Waals surface area (Å²) >= 11 is 13.4. The number of halogens is 2. The summed E-state index contributed by atoms with van der Waals surface area (Å²) in [4.78, 5) is 36.4. The fourth-order valence-electron chi connectivity index (χ4n) is 4.09. The van der Waals surface area contributed by atoms with E-state index in [-0.39, 0.29) is 24.5 Å². The van der Waals surface area contributed by atoms with E-state index in [0.29, 0.717) is 52.6 Å². The van der Waals surface area contributed by atoms with Gasteiger partial charge in [-0.3, -0.25) is 4.79 Å². The van der Waals surface area contributed by atoms with E-state index in [1.807, 2.05) is 43.0 Å². The first-order valence-electron chi connectivity index (χ1n) is 11.9. The standard InChI is InChI=1S/C26H29Cl2N5O3S/c1-17(2)33(26(35)29-18-8-9-19(27)20(28)14-18)15-24-30-21(16-37-24)25(34)32-12-10-31(11-13-32)22-6-4-5-7-23(22)36-3/h4-9,14,16-17H,10-13,15H2,1-3H3,(H,29,35). The van der Waals surface area contributed by atoms with Crippen LogP contribution in [0, 0.1) is 0 Å². The number of piperazine rings is 1. The van der Waals surface area contributed by atoms with Crippen molar-refractivity contribution in [2.24, 2.45) is 0 Å². The molecule has 1 aromatic heterocycles. The molecule has 0 saturated carbocycles. The van der Waals surface area contributed by atoms with Crippen LogP contribution >= 0.6 is 34.5 Å². The number of carbonyl (C=O) groups excluding carboxylic acids is 2. The van der Waals surface area contributed by atoms with E-state index in [2.05, 4.69) is 15.2 Å². The Labute approximate surface area is 230 Å². The number of para-hydroxylation sites is 2. The molecule has 1 aliphatic rings. The minimum atomic E-state index is -0.288. The molecule has 2 aromatic carbocycles. The predicted octanol–water partition coefficient (Wildman–Crippen LogP) is 5.86. The third kappa shape index (κ3) is 6.47. The lowest BCUT2D eigenvalue weighted by Crippen LogP contribution is -2.49. The lowest BCUT2D eigenvalue weighted by molar-refractivity contribution is 0.0741. The van der Waals surface area contributed by atoms with Gasteiger partial charge >= 0.3 is 6.03 Å². The van der Waals surface area contributed by atoms with Crippen LogP contribution in [0.1, 0.15) is 29.3 Å². The zero-order valence-corrected chi connectivity index (χ0v) is 23.2. The van der Waals surface area contributed by atoms with Crippen molar-refractivity contribution < 1.29 is 14.3 Å². The molecule has 0 unspecified atom stereocenters. The Balaban J connectivity index is 1.37. The van der Waals surface area contributed by atoms with Crippen molar-refractivity contribution in [2.75, 3.05) is 43.5 Å². The van der Waals surface area contributed by atoms with Gasteiger partial charge in [-0.05, 0) is 44.2 Å². The summed E-state index contributed by atoms with van der Waals surface area (Å²) in [5.41, 5.74) is 1.98. The van der Waals surface area contributed by atoms with Gasteiger partial charge in [0, 0.05) is 43.3 Å². The molecule has 8 nitrogen and oxygen atoms in total. The van der Waals surface area contributed by atoms with Crippen LogP contribution in [0.25, 0.3) is 0 Å². The molecular weight excluding hydrogens is 533 g/mol. The van der Waals surface area contributed by atoms with E-state index < -0.39 is 0 Å². The number of carbonyl (C=O) groups is 2. The number of nitrogens with zero attached hydrogens (tertiary/aromatic N) is 4. The molecular formula is C26H29Cl2N5O3S. The van der Waals surface area contributed by atoms with Crippen molar-refractivity contribution in [2.45, 2.75) is 26.4 Å². The molecule has 3 aromatic rings. The molecule has 0 aliphatic carbocycles. The molecule has 0 spiro atoms. The highest BCUT2D eigenvalue weighted by molar-refractivity contribution is 7.09. The number of anilines is 2. The zero-order chi connectivity index (χ0) is 26.5. The molecule has 0 radical (unpaired) electrons. The molecule has 1 aliphatic heterocycles. The first kappa shape index (κ1) is 27.0. The number of nitrogens with one attached hydrogen (secondary N) is 1. The maximum atomic E-state index is 13.1. The number of benzene rings is 2. The fraction of sp³-hybridized carbons (Fsp3) is 0.346. The van der Waals surface area contributed by atoms with Gasteiger partial charge in [-0.1, -0.05) is 35.3 Å². The summed E-state index contributed by atoms with van der Waals surface area (Å²) < 4.78 is 5.48. The Kier molecular flexibility index (Phi) is 8.79. The van der Waals surface area contributed by atoms with Gasteiger partial charge in [0.05, 0.1) is 29.4 Å². The third-order valence-electron chi connectivity index (χ3n) is 6.12. The van der Waals surface area contributed by atoms with E-state index in [1.54, 1.807) is 35.6 Å². The topological polar surface area (TPSA) is 78.0 Å². The number of ether oxygens (including phenoxy) is 1. The molecule has 196 valence electrons. The van der Waals surface area contributed by atoms with Gasteiger partial charge in [-0.15, -0.1) is 11.3 Å². The van der Waals surface area contributed by atoms with Crippen LogP contribution in [0.3, 0.4) is 0 Å². The second-order valence-corrected chi connectivity index (χ2v) is 10.6. The Bertz CT molecular complexity index is 1260. The Morgan fingerprint density at radius 1 is 1.11 bits per heavy atom. The zero-order valence-electron chi connectivity index (χ0n) is 20.9. The second-order valence-electron chi connectivity index (χ2n) is 8.86. The quantitative estimate of drug-likeness (QED) is 0.390. The fourth-order valence-corrected chi connectivity index (χ4v) is 5.15. The number of rotatable bonds is 7. The number of urea groups is 1. The third-order valence-corrected chi connectivity index (χ3v) is 7.70. The van der Waals surface area contributed by atoms with Crippen molar-refractivity contribution in [3.8, 4) is 5.75 Å². The maximum Gasteiger partial charge on any atom is 0.322 e. The molecule has 1 N–H and O–H groups in total. The highest BCUT2D eigenvalue weighted by Gasteiger charge is 2.26. The van der Waals surface area contributed by atoms with E-state index >= 15 is 0 Å². The lowest BCUT2D eigenvalue weighted by atomic mass is 10.2. The van der Waals surface area contributed by atoms with Gasteiger partial charge in [-0.2, -0.15) is 0 Å². The van der Waals surface area contributed by atoms with Gasteiger partial charge < -0.3 is 24.8 Å². The van der Waals surface area contributed by atoms with Gasteiger partial charge in [0.2, 0.25) is 0 Å². The van der Waals surface area contributed by atoms with Crippen LogP contribution in [0.2, 0.25) is 10.0 Å². The smallest absolute Gasteiger partial charge is 0.322 e. The van der Waals surface area contributed by atoms with Crippen molar-refractivity contribution in [1.29, 1.82) is 0 Å². The second kappa shape index (κ2) is 12.0. The van der Waals surface area contributed by atoms with Crippen LogP contribution in [0.4, 0.5) is 16.2 Å². The molecule has 2 heterocycles. The number of amides is 3. The first-order chi connectivity index (χ1) is 17.8. The molecule has 1 fully saturated rings. The van der Waals surface area contributed by atoms with E-state index in [4.69, 9.17) is 27.9 Å². The van der Waals surface area contributed by atoms with E-state index in [9.17, 15) is 9.59 Å². The molecule has 1 saturated heterocycles. The number of thiazole rings is 1. The van der Waals surface area contributed by atoms with Gasteiger partial charge in [0.15, 0.2) is 0 Å². The molecule has 37 heavy (non-hydrogen) atoms. The normalized spacial score (nSPS) is 13.6. The van der Waals surface area contributed by atoms with Crippen molar-refractivity contribution in [3.05, 3.63) is 68.6 Å². The maximum absolute atomic E-state index is 13.1. The van der Waals surface area contributed by atoms with Crippen LogP contribution in [-0.2, 0) is 6.54 Å². The summed E-state index contributed by atoms with van der Waals surface area (Å²) in [5.74, 6) is 0.725. The number of methoxy groups -OCH3 is 1. The molecule has 0 bridgehead atoms. The number of aromatic nitrogens is 1. The molecule has 4 rings (SSSR count). The average Bonchev–Trinajstić information content (AvgIpc) is 3.37. The van der Waals surface area contributed by atoms with Crippen LogP contribution in [0.5, 0.6) is 5.75 Å². The van der Waals surface area contributed by atoms with E-state index in [1.165, 1.54) is 11.3 Å². The van der Waals surface area contributed by atoms with Crippen LogP contribution in [-0.4, -0.2) is 66.1 Å². The monoisotopic (exact) mass is 561 g/mol. The SMILES string of the molecule is COc1ccccc1N1CCN(C(=O)c2csc(CN(C(=O)Nc3ccc(Cl)c(Cl)c3)C(C)C)n2)CC1. The summed E-state index contributed by atoms with van der Waals surface area (Å²) in [6, 6.07) is 12.4. The van der Waals surface area contributed by atoms with Gasteiger partial charge in [0.1, 0.15) is 16.5 Å². The number of hydrogen-bond donors (Lipinski definition) is 1. The Hall–Kier alpha value is -3.01. The first-order valence-corrected chi connectivity index (χ1v) is 13.5. The lowest BCUT2D eigenvalue weighted by Gasteiger charge is -2.36. The summed E-state index contributed by atoms with van der Waals surface area (Å²) in [7, 11) is 1.66. The van der Waals surface area contributed by atoms with Crippen LogP contribution < -0.4 is 15.0 Å². The van der Waals surface area contributed by atoms with Gasteiger partial charge in [0.25, 0.3) is 5.91 Å². The Morgan fingerprint density at radius 2 is 1.84 bits per heavy atom. The summed E-state index contributed by atoms with van der Waals surface area (Å²) in [6.45, 7) is 6.73. The van der Waals surface area contributed by atoms with Crippen LogP contribution in [0.15, 0.2) is 47.8 Å². The highest BCUT2D eigenvalue weighted by Crippen LogP contribution is 2.29.